The molecule has 1 aromatic carbocycles. The Morgan fingerprint density at radius 3 is 2.67 bits per heavy atom. The third-order valence-corrected chi connectivity index (χ3v) is 2.16. The van der Waals surface area contributed by atoms with Gasteiger partial charge in [0.15, 0.2) is 0 Å². The second-order valence-corrected chi connectivity index (χ2v) is 3.57. The van der Waals surface area contributed by atoms with Crippen LogP contribution in [0, 0.1) is 0 Å². The van der Waals surface area contributed by atoms with E-state index in [0.29, 0.717) is 0 Å². The Hall–Kier alpha value is -1.90. The van der Waals surface area contributed by atoms with E-state index in [9.17, 15) is 0 Å². The molecule has 15 heavy (non-hydrogen) atoms. The van der Waals surface area contributed by atoms with Crippen LogP contribution in [0.2, 0.25) is 0 Å². The topological polar surface area (TPSA) is 30.7 Å². The van der Waals surface area contributed by atoms with Crippen molar-refractivity contribution in [1.29, 1.82) is 0 Å². The van der Waals surface area contributed by atoms with Gasteiger partial charge in [-0.3, -0.25) is 0 Å². The monoisotopic (exact) mass is 199 g/mol. The molecular formula is C12H13N3. The maximum absolute atomic E-state index is 4.04. The van der Waals surface area contributed by atoms with Crippen LogP contribution in [0.3, 0.4) is 0 Å². The van der Waals surface area contributed by atoms with Crippen LogP contribution < -0.4 is 0 Å². The van der Waals surface area contributed by atoms with Crippen molar-refractivity contribution in [3.8, 4) is 0 Å². The van der Waals surface area contributed by atoms with E-state index < -0.39 is 0 Å². The Morgan fingerprint density at radius 1 is 1.33 bits per heavy atom. The smallest absolute Gasteiger partial charge is 0.108 e. The standard InChI is InChI=1S/C12H13N3/c1-10(2)12-9-15(14-13-12)8-11-6-4-3-5-7-11/h3-7,9H,1,8H2,2H3. The Labute approximate surface area is 89.1 Å². The van der Waals surface area contributed by atoms with Crippen LogP contribution in [0.25, 0.3) is 5.57 Å². The highest BCUT2D eigenvalue weighted by Gasteiger charge is 2.00. The number of aromatic nitrogens is 3. The van der Waals surface area contributed by atoms with Crippen molar-refractivity contribution in [3.05, 3.63) is 54.4 Å². The molecule has 0 saturated carbocycles. The lowest BCUT2D eigenvalue weighted by molar-refractivity contribution is 0.649. The second kappa shape index (κ2) is 4.09. The van der Waals surface area contributed by atoms with Crippen molar-refractivity contribution in [2.75, 3.05) is 0 Å². The Kier molecular flexibility index (Phi) is 2.63. The van der Waals surface area contributed by atoms with Gasteiger partial charge in [0.1, 0.15) is 5.69 Å². The van der Waals surface area contributed by atoms with Crippen LogP contribution in [0.4, 0.5) is 0 Å². The highest BCUT2D eigenvalue weighted by atomic mass is 15.4. The molecule has 0 aliphatic heterocycles. The zero-order valence-corrected chi connectivity index (χ0v) is 8.72. The van der Waals surface area contributed by atoms with E-state index in [1.54, 1.807) is 0 Å². The van der Waals surface area contributed by atoms with Crippen LogP contribution in [-0.2, 0) is 6.54 Å². The number of hydrogen-bond donors (Lipinski definition) is 0. The van der Waals surface area contributed by atoms with E-state index in [0.717, 1.165) is 17.8 Å². The lowest BCUT2D eigenvalue weighted by atomic mass is 10.2. The molecule has 0 aliphatic rings. The van der Waals surface area contributed by atoms with Gasteiger partial charge >= 0.3 is 0 Å². The third-order valence-electron chi connectivity index (χ3n) is 2.16. The Bertz CT molecular complexity index is 457. The summed E-state index contributed by atoms with van der Waals surface area (Å²) in [4.78, 5) is 0. The quantitative estimate of drug-likeness (QED) is 0.759. The molecule has 0 fully saturated rings. The first-order valence-electron chi connectivity index (χ1n) is 4.85. The largest absolute Gasteiger partial charge is 0.247 e. The van der Waals surface area contributed by atoms with E-state index in [-0.39, 0.29) is 0 Å². The molecule has 2 aromatic rings. The predicted molar refractivity (Wildman–Crippen MR) is 60.3 cm³/mol. The minimum absolute atomic E-state index is 0.751. The van der Waals surface area contributed by atoms with Crippen molar-refractivity contribution in [1.82, 2.24) is 15.0 Å². The molecule has 0 N–H and O–H groups in total. The minimum atomic E-state index is 0.751. The number of hydrogen-bond acceptors (Lipinski definition) is 2. The van der Waals surface area contributed by atoms with Gasteiger partial charge < -0.3 is 0 Å². The molecule has 0 spiro atoms. The molecule has 0 radical (unpaired) electrons. The summed E-state index contributed by atoms with van der Waals surface area (Å²) in [5.74, 6) is 0. The average Bonchev–Trinajstić information content (AvgIpc) is 2.68. The highest BCUT2D eigenvalue weighted by Crippen LogP contribution is 2.07. The summed E-state index contributed by atoms with van der Waals surface area (Å²) >= 11 is 0. The van der Waals surface area contributed by atoms with E-state index >= 15 is 0 Å². The number of rotatable bonds is 3. The molecular weight excluding hydrogens is 186 g/mol. The molecule has 3 nitrogen and oxygen atoms in total. The molecule has 0 aliphatic carbocycles. The van der Waals surface area contributed by atoms with Crippen molar-refractivity contribution < 1.29 is 0 Å². The third kappa shape index (κ3) is 2.31. The molecule has 2 rings (SSSR count). The SMILES string of the molecule is C=C(C)c1cn(Cc2ccccc2)nn1. The highest BCUT2D eigenvalue weighted by molar-refractivity contribution is 5.56. The molecule has 0 bridgehead atoms. The van der Waals surface area contributed by atoms with Crippen molar-refractivity contribution in [2.24, 2.45) is 0 Å². The van der Waals surface area contributed by atoms with E-state index in [2.05, 4.69) is 29.0 Å². The van der Waals surface area contributed by atoms with Crippen LogP contribution in [-0.4, -0.2) is 15.0 Å². The summed E-state index contributed by atoms with van der Waals surface area (Å²) in [6.45, 7) is 6.51. The van der Waals surface area contributed by atoms with Crippen LogP contribution in [0.15, 0.2) is 43.1 Å². The summed E-state index contributed by atoms with van der Waals surface area (Å²) in [5.41, 5.74) is 3.01. The maximum Gasteiger partial charge on any atom is 0.108 e. The zero-order valence-electron chi connectivity index (χ0n) is 8.72. The molecule has 3 heteroatoms. The lowest BCUT2D eigenvalue weighted by Crippen LogP contribution is -1.99. The lowest BCUT2D eigenvalue weighted by Gasteiger charge is -1.99. The summed E-state index contributed by atoms with van der Waals surface area (Å²) in [7, 11) is 0. The summed E-state index contributed by atoms with van der Waals surface area (Å²) < 4.78 is 1.82. The van der Waals surface area contributed by atoms with Gasteiger partial charge in [-0.25, -0.2) is 4.68 Å². The molecule has 76 valence electrons. The minimum Gasteiger partial charge on any atom is -0.247 e. The van der Waals surface area contributed by atoms with Gasteiger partial charge in [-0.1, -0.05) is 42.1 Å². The van der Waals surface area contributed by atoms with E-state index in [1.807, 2.05) is 36.0 Å². The summed E-state index contributed by atoms with van der Waals surface area (Å²) in [6.07, 6.45) is 1.91. The first kappa shape index (κ1) is 9.65. The van der Waals surface area contributed by atoms with Crippen LogP contribution in [0.5, 0.6) is 0 Å². The van der Waals surface area contributed by atoms with Gasteiger partial charge in [0.25, 0.3) is 0 Å². The fourth-order valence-corrected chi connectivity index (χ4v) is 1.34. The first-order valence-corrected chi connectivity index (χ1v) is 4.85. The molecule has 0 atom stereocenters. The molecule has 1 heterocycles. The van der Waals surface area contributed by atoms with Gasteiger partial charge in [-0.05, 0) is 18.1 Å². The predicted octanol–water partition coefficient (Wildman–Crippen LogP) is 2.36. The number of benzene rings is 1. The van der Waals surface area contributed by atoms with Gasteiger partial charge in [0, 0.05) is 0 Å². The fraction of sp³-hybridized carbons (Fsp3) is 0.167. The van der Waals surface area contributed by atoms with Gasteiger partial charge in [-0.2, -0.15) is 0 Å². The van der Waals surface area contributed by atoms with Crippen molar-refractivity contribution in [3.63, 3.8) is 0 Å². The number of allylic oxidation sites excluding steroid dienone is 1. The second-order valence-electron chi connectivity index (χ2n) is 3.57. The fourth-order valence-electron chi connectivity index (χ4n) is 1.34. The normalized spacial score (nSPS) is 10.2. The number of nitrogens with zero attached hydrogens (tertiary/aromatic N) is 3. The summed E-state index contributed by atoms with van der Waals surface area (Å²) in [6, 6.07) is 10.2. The average molecular weight is 199 g/mol. The maximum atomic E-state index is 4.04. The van der Waals surface area contributed by atoms with Crippen LogP contribution in [0.1, 0.15) is 18.2 Å². The van der Waals surface area contributed by atoms with Gasteiger partial charge in [0.2, 0.25) is 0 Å². The van der Waals surface area contributed by atoms with Crippen LogP contribution >= 0.6 is 0 Å². The molecule has 1 aromatic heterocycles. The zero-order chi connectivity index (χ0) is 10.7. The van der Waals surface area contributed by atoms with Gasteiger partial charge in [0.05, 0.1) is 12.7 Å². The Morgan fingerprint density at radius 2 is 2.07 bits per heavy atom. The molecule has 0 saturated heterocycles. The Balaban J connectivity index is 2.15. The van der Waals surface area contributed by atoms with Crippen molar-refractivity contribution in [2.45, 2.75) is 13.5 Å². The molecule has 0 amide bonds. The van der Waals surface area contributed by atoms with E-state index in [4.69, 9.17) is 0 Å². The van der Waals surface area contributed by atoms with E-state index in [1.165, 1.54) is 5.56 Å². The summed E-state index contributed by atoms with van der Waals surface area (Å²) in [5, 5.41) is 8.06. The first-order chi connectivity index (χ1) is 7.25. The van der Waals surface area contributed by atoms with Crippen molar-refractivity contribution >= 4 is 5.57 Å². The van der Waals surface area contributed by atoms with Gasteiger partial charge in [-0.15, -0.1) is 5.10 Å². The molecule has 0 unspecified atom stereocenters.